The summed E-state index contributed by atoms with van der Waals surface area (Å²) in [4.78, 5) is 0. The van der Waals surface area contributed by atoms with E-state index >= 15 is 0 Å². The summed E-state index contributed by atoms with van der Waals surface area (Å²) >= 11 is 0. The molecule has 1 saturated heterocycles. The first kappa shape index (κ1) is 10.8. The second-order valence-corrected chi connectivity index (χ2v) is 3.30. The lowest BCUT2D eigenvalue weighted by Gasteiger charge is -2.32. The third-order valence-electron chi connectivity index (χ3n) is 2.47. The van der Waals surface area contributed by atoms with Gasteiger partial charge in [-0.3, -0.25) is 0 Å². The Morgan fingerprint density at radius 2 is 2.08 bits per heavy atom. The van der Waals surface area contributed by atoms with Crippen molar-refractivity contribution in [3.8, 4) is 0 Å². The van der Waals surface area contributed by atoms with E-state index in [0.29, 0.717) is 0 Å². The quantitative estimate of drug-likeness (QED) is 0.276. The molecule has 6 N–H and O–H groups in total. The van der Waals surface area contributed by atoms with Crippen LogP contribution >= 0.6 is 0 Å². The number of aliphatic hydroxyl groups excluding tert-OH is 4. The molecule has 0 unspecified atom stereocenters. The number of nitrogens with one attached hydrogen (secondary N) is 1. The largest absolute Gasteiger partial charge is 0.394 e. The molecule has 0 bridgehead atoms. The Morgan fingerprint density at radius 3 is 2.54 bits per heavy atom. The van der Waals surface area contributed by atoms with E-state index in [1.54, 1.807) is 0 Å². The number of rotatable bonds is 3. The summed E-state index contributed by atoms with van der Waals surface area (Å²) in [6.07, 6.45) is -2.34. The lowest BCUT2D eigenvalue weighted by atomic mass is 9.90. The number of hydrogen-bond acceptors (Lipinski definition) is 6. The molecule has 0 amide bonds. The van der Waals surface area contributed by atoms with Crippen LogP contribution in [-0.4, -0.2) is 69.1 Å². The van der Waals surface area contributed by atoms with E-state index in [1.165, 1.54) is 0 Å². The van der Waals surface area contributed by atoms with Crippen molar-refractivity contribution in [2.24, 2.45) is 0 Å². The van der Waals surface area contributed by atoms with Crippen molar-refractivity contribution in [1.82, 2.24) is 5.32 Å². The lowest BCUT2D eigenvalue weighted by molar-refractivity contribution is -0.116. The molecule has 1 fully saturated rings. The fourth-order valence-electron chi connectivity index (χ4n) is 1.58. The standard InChI is InChI=1S/C7H15NO5/c9-2-4(11)6-7(13,3-10)5(12)1-8-6/h4-6,8-13H,1-3H2/t4-,5-,6+,7-/m1/s1. The van der Waals surface area contributed by atoms with Gasteiger partial charge < -0.3 is 30.8 Å². The highest BCUT2D eigenvalue weighted by molar-refractivity contribution is 5.06. The van der Waals surface area contributed by atoms with Crippen LogP contribution in [-0.2, 0) is 0 Å². The van der Waals surface area contributed by atoms with Crippen LogP contribution in [0.15, 0.2) is 0 Å². The van der Waals surface area contributed by atoms with Crippen molar-refractivity contribution in [2.45, 2.75) is 23.9 Å². The Morgan fingerprint density at radius 1 is 1.46 bits per heavy atom. The molecule has 0 aromatic heterocycles. The van der Waals surface area contributed by atoms with E-state index in [0.717, 1.165) is 0 Å². The molecule has 0 aliphatic carbocycles. The minimum Gasteiger partial charge on any atom is -0.394 e. The summed E-state index contributed by atoms with van der Waals surface area (Å²) in [7, 11) is 0. The first-order chi connectivity index (χ1) is 6.06. The Kier molecular flexibility index (Phi) is 3.23. The van der Waals surface area contributed by atoms with Crippen molar-refractivity contribution >= 4 is 0 Å². The summed E-state index contributed by atoms with van der Waals surface area (Å²) in [5.74, 6) is 0. The minimum absolute atomic E-state index is 0.0821. The Labute approximate surface area is 75.4 Å². The van der Waals surface area contributed by atoms with Gasteiger partial charge in [0.15, 0.2) is 0 Å². The van der Waals surface area contributed by atoms with Gasteiger partial charge >= 0.3 is 0 Å². The van der Waals surface area contributed by atoms with Gasteiger partial charge in [-0.2, -0.15) is 0 Å². The predicted molar refractivity (Wildman–Crippen MR) is 42.9 cm³/mol. The highest BCUT2D eigenvalue weighted by atomic mass is 16.4. The van der Waals surface area contributed by atoms with Crippen LogP contribution in [0, 0.1) is 0 Å². The monoisotopic (exact) mass is 193 g/mol. The van der Waals surface area contributed by atoms with Crippen LogP contribution in [0.3, 0.4) is 0 Å². The fourth-order valence-corrected chi connectivity index (χ4v) is 1.58. The maximum Gasteiger partial charge on any atom is 0.132 e. The van der Waals surface area contributed by atoms with E-state index < -0.39 is 37.1 Å². The highest BCUT2D eigenvalue weighted by Crippen LogP contribution is 2.23. The van der Waals surface area contributed by atoms with Gasteiger partial charge in [-0.25, -0.2) is 0 Å². The first-order valence-electron chi connectivity index (χ1n) is 4.10. The average Bonchev–Trinajstić information content (AvgIpc) is 2.43. The molecule has 1 aliphatic rings. The van der Waals surface area contributed by atoms with E-state index in [1.807, 2.05) is 0 Å². The molecule has 0 radical (unpaired) electrons. The molecule has 6 heteroatoms. The third kappa shape index (κ3) is 1.69. The lowest BCUT2D eigenvalue weighted by Crippen LogP contribution is -2.57. The zero-order valence-electron chi connectivity index (χ0n) is 7.09. The fraction of sp³-hybridized carbons (Fsp3) is 1.00. The molecule has 6 nitrogen and oxygen atoms in total. The van der Waals surface area contributed by atoms with Crippen LogP contribution < -0.4 is 5.32 Å². The normalized spacial score (nSPS) is 42.2. The van der Waals surface area contributed by atoms with Crippen molar-refractivity contribution in [1.29, 1.82) is 0 Å². The Hall–Kier alpha value is -0.240. The van der Waals surface area contributed by atoms with Gasteiger partial charge in [-0.05, 0) is 0 Å². The summed E-state index contributed by atoms with van der Waals surface area (Å²) in [5, 5.41) is 48.4. The number of β-amino-alcohol motifs (C(OH)–C–C–N with tert-alkyl or cyclic N) is 1. The molecule has 78 valence electrons. The second-order valence-electron chi connectivity index (χ2n) is 3.30. The second kappa shape index (κ2) is 3.87. The van der Waals surface area contributed by atoms with Crippen LogP contribution in [0.2, 0.25) is 0 Å². The zero-order chi connectivity index (χ0) is 10.1. The van der Waals surface area contributed by atoms with Crippen LogP contribution in [0.25, 0.3) is 0 Å². The maximum atomic E-state index is 9.70. The molecular weight excluding hydrogens is 178 g/mol. The Bertz CT molecular complexity index is 178. The molecule has 13 heavy (non-hydrogen) atoms. The van der Waals surface area contributed by atoms with Gasteiger partial charge in [0.25, 0.3) is 0 Å². The first-order valence-corrected chi connectivity index (χ1v) is 4.10. The van der Waals surface area contributed by atoms with Gasteiger partial charge in [0.1, 0.15) is 5.60 Å². The molecule has 1 aliphatic heterocycles. The van der Waals surface area contributed by atoms with E-state index in [4.69, 9.17) is 10.2 Å². The Balaban J connectivity index is 2.75. The molecular formula is C7H15NO5. The van der Waals surface area contributed by atoms with E-state index in [2.05, 4.69) is 5.32 Å². The molecule has 0 aromatic carbocycles. The topological polar surface area (TPSA) is 113 Å². The third-order valence-corrected chi connectivity index (χ3v) is 2.47. The number of hydrogen-bond donors (Lipinski definition) is 6. The number of aliphatic hydroxyl groups is 5. The van der Waals surface area contributed by atoms with Crippen LogP contribution in [0.1, 0.15) is 0 Å². The van der Waals surface area contributed by atoms with Gasteiger partial charge in [0.2, 0.25) is 0 Å². The van der Waals surface area contributed by atoms with Crippen molar-refractivity contribution in [3.63, 3.8) is 0 Å². The van der Waals surface area contributed by atoms with Crippen LogP contribution in [0.5, 0.6) is 0 Å². The van der Waals surface area contributed by atoms with E-state index in [9.17, 15) is 15.3 Å². The van der Waals surface area contributed by atoms with Gasteiger partial charge in [0, 0.05) is 6.54 Å². The molecule has 4 atom stereocenters. The smallest absolute Gasteiger partial charge is 0.132 e. The summed E-state index contributed by atoms with van der Waals surface area (Å²) < 4.78 is 0. The van der Waals surface area contributed by atoms with Gasteiger partial charge in [-0.1, -0.05) is 0 Å². The van der Waals surface area contributed by atoms with Crippen molar-refractivity contribution in [2.75, 3.05) is 19.8 Å². The summed E-state index contributed by atoms with van der Waals surface area (Å²) in [5.41, 5.74) is -1.78. The maximum absolute atomic E-state index is 9.70. The van der Waals surface area contributed by atoms with E-state index in [-0.39, 0.29) is 6.54 Å². The molecule has 0 saturated carbocycles. The van der Waals surface area contributed by atoms with Gasteiger partial charge in [-0.15, -0.1) is 0 Å². The minimum atomic E-state index is -1.78. The summed E-state index contributed by atoms with van der Waals surface area (Å²) in [6.45, 7) is -1.12. The molecule has 1 heterocycles. The van der Waals surface area contributed by atoms with Crippen LogP contribution in [0.4, 0.5) is 0 Å². The zero-order valence-corrected chi connectivity index (χ0v) is 7.09. The molecule has 0 aromatic rings. The van der Waals surface area contributed by atoms with Gasteiger partial charge in [0.05, 0.1) is 31.5 Å². The molecule has 0 spiro atoms. The molecule has 1 rings (SSSR count). The van der Waals surface area contributed by atoms with Crippen molar-refractivity contribution in [3.05, 3.63) is 0 Å². The summed E-state index contributed by atoms with van der Waals surface area (Å²) in [6, 6.07) is -0.905. The average molecular weight is 193 g/mol. The highest BCUT2D eigenvalue weighted by Gasteiger charge is 2.50. The SMILES string of the molecule is OC[C@@H](O)[C@@H]1NC[C@@H](O)[C@]1(O)CO. The van der Waals surface area contributed by atoms with Crippen molar-refractivity contribution < 1.29 is 25.5 Å². The predicted octanol–water partition coefficient (Wildman–Crippen LogP) is -3.60.